The summed E-state index contributed by atoms with van der Waals surface area (Å²) >= 11 is 5.84. The summed E-state index contributed by atoms with van der Waals surface area (Å²) in [7, 11) is 0. The molecule has 3 rings (SSSR count). The van der Waals surface area contributed by atoms with E-state index in [1.165, 1.54) is 24.3 Å². The van der Waals surface area contributed by atoms with Crippen molar-refractivity contribution in [1.29, 1.82) is 0 Å². The first-order valence-electron chi connectivity index (χ1n) is 7.07. The predicted molar refractivity (Wildman–Crippen MR) is 81.1 cm³/mol. The number of piperazine rings is 1. The fourth-order valence-corrected chi connectivity index (χ4v) is 2.64. The van der Waals surface area contributed by atoms with Crippen LogP contribution < -0.4 is 0 Å². The van der Waals surface area contributed by atoms with Gasteiger partial charge in [0.05, 0.1) is 17.9 Å². The lowest BCUT2D eigenvalue weighted by molar-refractivity contribution is 0.0586. The molecule has 0 saturated carbocycles. The Morgan fingerprint density at radius 1 is 1.18 bits per heavy atom. The molecule has 1 aromatic heterocycles. The zero-order valence-corrected chi connectivity index (χ0v) is 12.7. The third-order valence-electron chi connectivity index (χ3n) is 3.70. The Bertz CT molecular complexity index is 650. The monoisotopic (exact) mass is 322 g/mol. The van der Waals surface area contributed by atoms with Crippen LogP contribution in [-0.4, -0.2) is 51.7 Å². The van der Waals surface area contributed by atoms with E-state index in [-0.39, 0.29) is 11.7 Å². The lowest BCUT2D eigenvalue weighted by Crippen LogP contribution is -2.49. The van der Waals surface area contributed by atoms with Crippen LogP contribution in [-0.2, 0) is 6.67 Å². The lowest BCUT2D eigenvalue weighted by atomic mass is 10.2. The standard InChI is InChI=1S/C15H16ClFN4O/c16-13-9-18-21(10-13)11-19-5-7-20(8-6-19)15(22)12-1-3-14(17)4-2-12/h1-4,9-10H,5-8,11H2. The number of rotatable bonds is 3. The van der Waals surface area contributed by atoms with Crippen LogP contribution in [0.15, 0.2) is 36.7 Å². The highest BCUT2D eigenvalue weighted by molar-refractivity contribution is 6.30. The van der Waals surface area contributed by atoms with Crippen LogP contribution in [0.2, 0.25) is 5.02 Å². The first kappa shape index (κ1) is 15.0. The summed E-state index contributed by atoms with van der Waals surface area (Å²) in [6.45, 7) is 3.48. The van der Waals surface area contributed by atoms with Crippen molar-refractivity contribution in [2.45, 2.75) is 6.67 Å². The van der Waals surface area contributed by atoms with Gasteiger partial charge in [-0.25, -0.2) is 4.39 Å². The zero-order valence-electron chi connectivity index (χ0n) is 12.0. The molecule has 5 nitrogen and oxygen atoms in total. The molecule has 22 heavy (non-hydrogen) atoms. The summed E-state index contributed by atoms with van der Waals surface area (Å²) in [5.41, 5.74) is 0.522. The quantitative estimate of drug-likeness (QED) is 0.869. The van der Waals surface area contributed by atoms with Crippen LogP contribution in [0.3, 0.4) is 0 Å². The van der Waals surface area contributed by atoms with E-state index in [1.54, 1.807) is 22.0 Å². The van der Waals surface area contributed by atoms with Gasteiger partial charge in [-0.05, 0) is 24.3 Å². The minimum Gasteiger partial charge on any atom is -0.336 e. The van der Waals surface area contributed by atoms with Crippen LogP contribution in [0.5, 0.6) is 0 Å². The van der Waals surface area contributed by atoms with Gasteiger partial charge in [0.2, 0.25) is 0 Å². The van der Waals surface area contributed by atoms with Gasteiger partial charge in [0.1, 0.15) is 5.82 Å². The lowest BCUT2D eigenvalue weighted by Gasteiger charge is -2.34. The van der Waals surface area contributed by atoms with E-state index < -0.39 is 0 Å². The van der Waals surface area contributed by atoms with Crippen molar-refractivity contribution >= 4 is 17.5 Å². The zero-order chi connectivity index (χ0) is 15.5. The van der Waals surface area contributed by atoms with Gasteiger partial charge in [0.15, 0.2) is 0 Å². The van der Waals surface area contributed by atoms with Gasteiger partial charge < -0.3 is 4.90 Å². The second-order valence-electron chi connectivity index (χ2n) is 5.26. The molecule has 1 aliphatic rings. The van der Waals surface area contributed by atoms with Crippen molar-refractivity contribution in [3.63, 3.8) is 0 Å². The molecule has 1 fully saturated rings. The van der Waals surface area contributed by atoms with Crippen LogP contribution in [0.4, 0.5) is 4.39 Å². The molecule has 0 spiro atoms. The highest BCUT2D eigenvalue weighted by Gasteiger charge is 2.22. The summed E-state index contributed by atoms with van der Waals surface area (Å²) in [4.78, 5) is 16.3. The molecule has 1 saturated heterocycles. The molecule has 1 aliphatic heterocycles. The van der Waals surface area contributed by atoms with Crippen LogP contribution in [0.25, 0.3) is 0 Å². The van der Waals surface area contributed by atoms with E-state index in [0.717, 1.165) is 13.1 Å². The Hall–Kier alpha value is -1.92. The minimum absolute atomic E-state index is 0.0539. The topological polar surface area (TPSA) is 41.4 Å². The second kappa shape index (κ2) is 6.46. The third kappa shape index (κ3) is 3.45. The number of carbonyl (C=O) groups is 1. The highest BCUT2D eigenvalue weighted by Crippen LogP contribution is 2.11. The summed E-state index contributed by atoms with van der Waals surface area (Å²) < 4.78 is 14.7. The molecular weight excluding hydrogens is 307 g/mol. The average Bonchev–Trinajstić information content (AvgIpc) is 2.93. The van der Waals surface area contributed by atoms with E-state index in [1.807, 2.05) is 0 Å². The smallest absolute Gasteiger partial charge is 0.253 e. The van der Waals surface area contributed by atoms with Gasteiger partial charge >= 0.3 is 0 Å². The van der Waals surface area contributed by atoms with Gasteiger partial charge in [0, 0.05) is 37.9 Å². The molecular formula is C15H16ClFN4O. The fraction of sp³-hybridized carbons (Fsp3) is 0.333. The van der Waals surface area contributed by atoms with Crippen molar-refractivity contribution in [3.8, 4) is 0 Å². The number of halogens is 2. The van der Waals surface area contributed by atoms with E-state index in [2.05, 4.69) is 10.00 Å². The Labute approximate surface area is 132 Å². The number of nitrogens with zero attached hydrogens (tertiary/aromatic N) is 4. The summed E-state index contributed by atoms with van der Waals surface area (Å²) in [5.74, 6) is -0.388. The van der Waals surface area contributed by atoms with Gasteiger partial charge in [-0.15, -0.1) is 0 Å². The van der Waals surface area contributed by atoms with Crippen LogP contribution >= 0.6 is 11.6 Å². The minimum atomic E-state index is -0.334. The maximum Gasteiger partial charge on any atom is 0.253 e. The maximum atomic E-state index is 12.9. The molecule has 0 N–H and O–H groups in total. The molecule has 0 aliphatic carbocycles. The van der Waals surface area contributed by atoms with Crippen molar-refractivity contribution in [3.05, 3.63) is 53.1 Å². The van der Waals surface area contributed by atoms with E-state index in [9.17, 15) is 9.18 Å². The average molecular weight is 323 g/mol. The molecule has 0 bridgehead atoms. The van der Waals surface area contributed by atoms with E-state index >= 15 is 0 Å². The molecule has 0 unspecified atom stereocenters. The molecule has 0 radical (unpaired) electrons. The predicted octanol–water partition coefficient (Wildman–Crippen LogP) is 2.09. The van der Waals surface area contributed by atoms with Gasteiger partial charge in [-0.2, -0.15) is 5.10 Å². The summed E-state index contributed by atoms with van der Waals surface area (Å²) in [5, 5.41) is 4.76. The molecule has 2 aromatic rings. The molecule has 2 heterocycles. The van der Waals surface area contributed by atoms with Crippen LogP contribution in [0, 0.1) is 5.82 Å². The fourth-order valence-electron chi connectivity index (χ4n) is 2.49. The number of aromatic nitrogens is 2. The maximum absolute atomic E-state index is 12.9. The third-order valence-corrected chi connectivity index (χ3v) is 3.89. The molecule has 7 heteroatoms. The SMILES string of the molecule is O=C(c1ccc(F)cc1)N1CCN(Cn2cc(Cl)cn2)CC1. The first-order valence-corrected chi connectivity index (χ1v) is 7.45. The van der Waals surface area contributed by atoms with Crippen molar-refractivity contribution in [2.75, 3.05) is 26.2 Å². The Kier molecular flexibility index (Phi) is 4.40. The highest BCUT2D eigenvalue weighted by atomic mass is 35.5. The van der Waals surface area contributed by atoms with Crippen molar-refractivity contribution in [1.82, 2.24) is 19.6 Å². The van der Waals surface area contributed by atoms with Gasteiger partial charge in [0.25, 0.3) is 5.91 Å². The number of amides is 1. The normalized spacial score (nSPS) is 16.0. The Balaban J connectivity index is 1.55. The van der Waals surface area contributed by atoms with Crippen molar-refractivity contribution < 1.29 is 9.18 Å². The Morgan fingerprint density at radius 3 is 2.45 bits per heavy atom. The van der Waals surface area contributed by atoms with E-state index in [4.69, 9.17) is 11.6 Å². The van der Waals surface area contributed by atoms with Gasteiger partial charge in [-0.3, -0.25) is 14.4 Å². The largest absolute Gasteiger partial charge is 0.336 e. The number of hydrogen-bond acceptors (Lipinski definition) is 3. The molecule has 1 aromatic carbocycles. The first-order chi connectivity index (χ1) is 10.6. The molecule has 0 atom stereocenters. The Morgan fingerprint density at radius 2 is 1.86 bits per heavy atom. The number of hydrogen-bond donors (Lipinski definition) is 0. The summed E-state index contributed by atoms with van der Waals surface area (Å²) in [6.07, 6.45) is 3.38. The summed E-state index contributed by atoms with van der Waals surface area (Å²) in [6, 6.07) is 5.67. The van der Waals surface area contributed by atoms with Gasteiger partial charge in [-0.1, -0.05) is 11.6 Å². The van der Waals surface area contributed by atoms with E-state index in [0.29, 0.717) is 30.3 Å². The second-order valence-corrected chi connectivity index (χ2v) is 5.69. The van der Waals surface area contributed by atoms with Crippen LogP contribution in [0.1, 0.15) is 10.4 Å². The molecule has 116 valence electrons. The molecule has 1 amide bonds. The van der Waals surface area contributed by atoms with Crippen molar-refractivity contribution in [2.24, 2.45) is 0 Å². The number of benzene rings is 1. The number of carbonyl (C=O) groups excluding carboxylic acids is 1.